The number of nitrogens with zero attached hydrogens (tertiary/aromatic N) is 3. The van der Waals surface area contributed by atoms with E-state index in [2.05, 4.69) is 41.2 Å². The van der Waals surface area contributed by atoms with Gasteiger partial charge in [-0.1, -0.05) is 6.07 Å². The van der Waals surface area contributed by atoms with Crippen LogP contribution in [-0.2, 0) is 24.4 Å². The van der Waals surface area contributed by atoms with Gasteiger partial charge in [-0.3, -0.25) is 0 Å². The second-order valence-corrected chi connectivity index (χ2v) is 8.60. The number of likely N-dealkylation sites (tertiary alicyclic amines) is 1. The van der Waals surface area contributed by atoms with Crippen molar-refractivity contribution in [1.82, 2.24) is 9.47 Å². The van der Waals surface area contributed by atoms with Crippen LogP contribution in [0.1, 0.15) is 64.8 Å². The molecule has 0 radical (unpaired) electrons. The van der Waals surface area contributed by atoms with Crippen molar-refractivity contribution in [3.05, 3.63) is 29.6 Å². The third kappa shape index (κ3) is 5.05. The highest BCUT2D eigenvalue weighted by Gasteiger charge is 2.29. The highest BCUT2D eigenvalue weighted by atomic mass is 127. The fourth-order valence-electron chi connectivity index (χ4n) is 4.31. The molecule has 1 aliphatic rings. The molecule has 7 heteroatoms. The number of imidazole rings is 1. The molecule has 1 fully saturated rings. The van der Waals surface area contributed by atoms with Gasteiger partial charge in [-0.15, -0.1) is 0 Å². The summed E-state index contributed by atoms with van der Waals surface area (Å²) in [6.45, 7) is 13.9. The molecular formula is C22H35IN4O2. The number of aromatic nitrogens is 2. The quantitative estimate of drug-likeness (QED) is 0.479. The van der Waals surface area contributed by atoms with E-state index in [1.54, 1.807) is 0 Å². The Morgan fingerprint density at radius 1 is 1.24 bits per heavy atom. The molecule has 0 spiro atoms. The van der Waals surface area contributed by atoms with Crippen LogP contribution in [0.2, 0.25) is 0 Å². The van der Waals surface area contributed by atoms with Crippen molar-refractivity contribution in [1.29, 1.82) is 0 Å². The van der Waals surface area contributed by atoms with E-state index in [0.717, 1.165) is 39.0 Å². The lowest BCUT2D eigenvalue weighted by atomic mass is 9.89. The normalized spacial score (nSPS) is 15.4. The summed E-state index contributed by atoms with van der Waals surface area (Å²) in [5.41, 5.74) is 9.47. The van der Waals surface area contributed by atoms with E-state index in [1.165, 1.54) is 22.4 Å². The van der Waals surface area contributed by atoms with E-state index in [0.29, 0.717) is 12.5 Å². The second-order valence-electron chi connectivity index (χ2n) is 8.60. The molecule has 2 aromatic rings. The van der Waals surface area contributed by atoms with Crippen LogP contribution in [0.25, 0.3) is 11.0 Å². The highest BCUT2D eigenvalue weighted by molar-refractivity contribution is 5.74. The Hall–Kier alpha value is -1.35. The van der Waals surface area contributed by atoms with Gasteiger partial charge in [0.05, 0.1) is 19.6 Å². The molecule has 29 heavy (non-hydrogen) atoms. The van der Waals surface area contributed by atoms with Gasteiger partial charge in [0.2, 0.25) is 0 Å². The summed E-state index contributed by atoms with van der Waals surface area (Å²) >= 11 is 0. The van der Waals surface area contributed by atoms with Crippen molar-refractivity contribution in [2.75, 3.05) is 13.1 Å². The van der Waals surface area contributed by atoms with Gasteiger partial charge in [0.15, 0.2) is 11.0 Å². The predicted molar refractivity (Wildman–Crippen MR) is 111 cm³/mol. The van der Waals surface area contributed by atoms with E-state index >= 15 is 0 Å². The van der Waals surface area contributed by atoms with Crippen LogP contribution in [0.3, 0.4) is 0 Å². The minimum absolute atomic E-state index is 0. The summed E-state index contributed by atoms with van der Waals surface area (Å²) < 4.78 is 10.2. The topological polar surface area (TPSA) is 64.4 Å². The zero-order valence-electron chi connectivity index (χ0n) is 18.4. The van der Waals surface area contributed by atoms with Crippen molar-refractivity contribution in [3.8, 4) is 0 Å². The largest absolute Gasteiger partial charge is 1.00 e. The lowest BCUT2D eigenvalue weighted by Crippen LogP contribution is -3.00. The van der Waals surface area contributed by atoms with Gasteiger partial charge in [0.1, 0.15) is 5.60 Å². The number of piperidine rings is 1. The van der Waals surface area contributed by atoms with Gasteiger partial charge >= 0.3 is 6.09 Å². The van der Waals surface area contributed by atoms with Gasteiger partial charge in [-0.05, 0) is 71.1 Å². The Balaban J connectivity index is 0.00000300. The van der Waals surface area contributed by atoms with Gasteiger partial charge in [-0.2, -0.15) is 0 Å². The number of carbonyl (C=O) groups excluding carboxylic acids is 1. The number of rotatable bonds is 4. The number of benzene rings is 1. The lowest BCUT2D eigenvalue weighted by molar-refractivity contribution is -0.676. The average Bonchev–Trinajstić information content (AvgIpc) is 2.98. The SMILES string of the molecule is CCn1c(CN)[n+](CC)c2ccc(C3CCN(C(=O)OC(C)(C)C)CC3)cc21.[I-]. The molecule has 1 aromatic carbocycles. The maximum absolute atomic E-state index is 12.3. The van der Waals surface area contributed by atoms with Crippen molar-refractivity contribution < 1.29 is 38.1 Å². The van der Waals surface area contributed by atoms with E-state index in [9.17, 15) is 4.79 Å². The number of aryl methyl sites for hydroxylation is 2. The average molecular weight is 514 g/mol. The van der Waals surface area contributed by atoms with Crippen molar-refractivity contribution in [3.63, 3.8) is 0 Å². The molecule has 0 unspecified atom stereocenters. The molecule has 162 valence electrons. The van der Waals surface area contributed by atoms with Gasteiger partial charge < -0.3 is 39.3 Å². The van der Waals surface area contributed by atoms with Gasteiger partial charge in [0.25, 0.3) is 5.82 Å². The number of ether oxygens (including phenoxy) is 1. The number of hydrogen-bond donors (Lipinski definition) is 1. The Kier molecular flexibility index (Phi) is 7.95. The molecule has 0 saturated carbocycles. The number of nitrogens with two attached hydrogens (primary N) is 1. The van der Waals surface area contributed by atoms with Crippen molar-refractivity contribution in [2.24, 2.45) is 5.73 Å². The molecular weight excluding hydrogens is 479 g/mol. The molecule has 2 N–H and O–H groups in total. The first-order chi connectivity index (χ1) is 13.3. The van der Waals surface area contributed by atoms with E-state index in [-0.39, 0.29) is 30.1 Å². The van der Waals surface area contributed by atoms with Crippen LogP contribution in [0.15, 0.2) is 18.2 Å². The first kappa shape index (κ1) is 23.9. The summed E-state index contributed by atoms with van der Waals surface area (Å²) in [7, 11) is 0. The third-order valence-electron chi connectivity index (χ3n) is 5.64. The lowest BCUT2D eigenvalue weighted by Gasteiger charge is -2.33. The highest BCUT2D eigenvalue weighted by Crippen LogP contribution is 2.31. The number of fused-ring (bicyclic) bond motifs is 1. The molecule has 0 bridgehead atoms. The molecule has 2 heterocycles. The molecule has 0 aliphatic carbocycles. The minimum atomic E-state index is -0.445. The molecule has 6 nitrogen and oxygen atoms in total. The predicted octanol–water partition coefficient (Wildman–Crippen LogP) is 0.546. The maximum atomic E-state index is 12.3. The Bertz CT molecular complexity index is 849. The van der Waals surface area contributed by atoms with E-state index < -0.39 is 5.60 Å². The third-order valence-corrected chi connectivity index (χ3v) is 5.64. The standard InChI is InChI=1S/C22H35N4O2.HI/c1-6-25-18-9-8-17(14-19(18)26(7-2)20(25)15-23)16-10-12-24(13-11-16)21(27)28-22(3,4)5;/h8-9,14,16H,6-7,10-13,15,23H2,1-5H3;1H/q+1;/p-1. The van der Waals surface area contributed by atoms with Crippen LogP contribution in [0.4, 0.5) is 4.79 Å². The summed E-state index contributed by atoms with van der Waals surface area (Å²) in [6.07, 6.45) is 1.74. The summed E-state index contributed by atoms with van der Waals surface area (Å²) in [5, 5.41) is 0. The smallest absolute Gasteiger partial charge is 0.410 e. The molecule has 1 aromatic heterocycles. The zero-order valence-corrected chi connectivity index (χ0v) is 20.5. The second kappa shape index (κ2) is 9.64. The van der Waals surface area contributed by atoms with Crippen LogP contribution >= 0.6 is 0 Å². The van der Waals surface area contributed by atoms with Crippen molar-refractivity contribution >= 4 is 17.1 Å². The Morgan fingerprint density at radius 3 is 2.41 bits per heavy atom. The summed E-state index contributed by atoms with van der Waals surface area (Å²) in [5.74, 6) is 1.65. The first-order valence-corrected chi connectivity index (χ1v) is 10.5. The zero-order chi connectivity index (χ0) is 20.5. The molecule has 1 aliphatic heterocycles. The first-order valence-electron chi connectivity index (χ1n) is 10.5. The molecule has 1 saturated heterocycles. The molecule has 0 atom stereocenters. The van der Waals surface area contributed by atoms with Crippen LogP contribution < -0.4 is 34.3 Å². The van der Waals surface area contributed by atoms with E-state index in [1.807, 2.05) is 25.7 Å². The number of amides is 1. The van der Waals surface area contributed by atoms with Gasteiger partial charge in [0, 0.05) is 13.1 Å². The summed E-state index contributed by atoms with van der Waals surface area (Å²) in [6, 6.07) is 6.82. The minimum Gasteiger partial charge on any atom is -1.00 e. The number of hydrogen-bond acceptors (Lipinski definition) is 3. The number of carbonyl (C=O) groups is 1. The maximum Gasteiger partial charge on any atom is 0.410 e. The molecule has 1 amide bonds. The van der Waals surface area contributed by atoms with Crippen LogP contribution in [-0.4, -0.2) is 34.3 Å². The fourth-order valence-corrected chi connectivity index (χ4v) is 4.31. The Labute approximate surface area is 191 Å². The number of halogens is 1. The molecule has 3 rings (SSSR count). The van der Waals surface area contributed by atoms with Crippen molar-refractivity contribution in [2.45, 2.75) is 78.6 Å². The summed E-state index contributed by atoms with van der Waals surface area (Å²) in [4.78, 5) is 14.1. The Morgan fingerprint density at radius 2 is 1.90 bits per heavy atom. The fraction of sp³-hybridized carbons (Fsp3) is 0.636. The van der Waals surface area contributed by atoms with E-state index in [4.69, 9.17) is 10.5 Å². The van der Waals surface area contributed by atoms with Gasteiger partial charge in [-0.25, -0.2) is 13.9 Å². The van der Waals surface area contributed by atoms with Crippen LogP contribution in [0, 0.1) is 0 Å². The monoisotopic (exact) mass is 514 g/mol. The van der Waals surface area contributed by atoms with Crippen LogP contribution in [0.5, 0.6) is 0 Å².